The maximum atomic E-state index is 12.0. The molecular weight excluding hydrogens is 190 g/mol. The number of benzene rings is 1. The molecule has 1 unspecified atom stereocenters. The molecule has 2 rings (SSSR count). The Hall–Kier alpha value is -1.35. The van der Waals surface area contributed by atoms with Crippen LogP contribution in [0.25, 0.3) is 0 Å². The zero-order valence-electron chi connectivity index (χ0n) is 8.77. The lowest BCUT2D eigenvalue weighted by molar-refractivity contribution is 0.000879. The van der Waals surface area contributed by atoms with E-state index in [1.54, 1.807) is 36.2 Å². The van der Waals surface area contributed by atoms with Gasteiger partial charge in [0.15, 0.2) is 0 Å². The lowest BCUT2D eigenvalue weighted by Gasteiger charge is -2.23. The normalized spacial score (nSPS) is 20.2. The second kappa shape index (κ2) is 4.45. The van der Waals surface area contributed by atoms with Gasteiger partial charge in [-0.25, -0.2) is 0 Å². The van der Waals surface area contributed by atoms with Crippen molar-refractivity contribution in [3.8, 4) is 0 Å². The molecule has 15 heavy (non-hydrogen) atoms. The van der Waals surface area contributed by atoms with Gasteiger partial charge in [0, 0.05) is 19.2 Å². The summed E-state index contributed by atoms with van der Waals surface area (Å²) >= 11 is 0. The monoisotopic (exact) mass is 204 g/mol. The fourth-order valence-electron chi connectivity index (χ4n) is 1.73. The second-order valence-electron chi connectivity index (χ2n) is 3.67. The SMILES string of the molecule is CN(C(=O)c1cc[c]cc1)C1CCCO1. The van der Waals surface area contributed by atoms with Crippen LogP contribution in [0.15, 0.2) is 24.3 Å². The summed E-state index contributed by atoms with van der Waals surface area (Å²) < 4.78 is 5.45. The van der Waals surface area contributed by atoms with E-state index in [-0.39, 0.29) is 12.1 Å². The highest BCUT2D eigenvalue weighted by Crippen LogP contribution is 2.17. The molecule has 0 aromatic heterocycles. The van der Waals surface area contributed by atoms with Crippen molar-refractivity contribution in [2.24, 2.45) is 0 Å². The summed E-state index contributed by atoms with van der Waals surface area (Å²) in [6.07, 6.45) is 1.91. The van der Waals surface area contributed by atoms with Gasteiger partial charge in [0.1, 0.15) is 6.23 Å². The first-order valence-electron chi connectivity index (χ1n) is 5.14. The molecule has 1 aliphatic heterocycles. The van der Waals surface area contributed by atoms with Crippen molar-refractivity contribution in [1.29, 1.82) is 0 Å². The van der Waals surface area contributed by atoms with Crippen molar-refractivity contribution in [2.75, 3.05) is 13.7 Å². The van der Waals surface area contributed by atoms with E-state index in [1.807, 2.05) is 0 Å². The molecule has 1 radical (unpaired) electrons. The van der Waals surface area contributed by atoms with Crippen LogP contribution in [0, 0.1) is 6.07 Å². The Labute approximate surface area is 89.7 Å². The first-order chi connectivity index (χ1) is 7.29. The van der Waals surface area contributed by atoms with Crippen molar-refractivity contribution < 1.29 is 9.53 Å². The average Bonchev–Trinajstić information content (AvgIpc) is 2.82. The van der Waals surface area contributed by atoms with Crippen LogP contribution in [0.3, 0.4) is 0 Å². The molecule has 1 amide bonds. The van der Waals surface area contributed by atoms with Gasteiger partial charge in [0.2, 0.25) is 0 Å². The summed E-state index contributed by atoms with van der Waals surface area (Å²) in [4.78, 5) is 13.6. The first kappa shape index (κ1) is 10.2. The predicted octanol–water partition coefficient (Wildman–Crippen LogP) is 1.70. The fraction of sp³-hybridized carbons (Fsp3) is 0.417. The molecule has 1 aliphatic rings. The van der Waals surface area contributed by atoms with Gasteiger partial charge in [-0.1, -0.05) is 12.1 Å². The standard InChI is InChI=1S/C12H14NO2/c1-13(11-8-5-9-15-11)12(14)10-6-3-2-4-7-10/h3-4,6-7,11H,5,8-9H2,1H3. The summed E-state index contributed by atoms with van der Waals surface area (Å²) in [6.45, 7) is 0.755. The van der Waals surface area contributed by atoms with Crippen LogP contribution >= 0.6 is 0 Å². The van der Waals surface area contributed by atoms with Gasteiger partial charge in [-0.2, -0.15) is 0 Å². The van der Waals surface area contributed by atoms with Gasteiger partial charge in [0.05, 0.1) is 0 Å². The van der Waals surface area contributed by atoms with E-state index in [1.165, 1.54) is 0 Å². The van der Waals surface area contributed by atoms with Crippen LogP contribution in [-0.4, -0.2) is 30.7 Å². The van der Waals surface area contributed by atoms with E-state index in [9.17, 15) is 4.79 Å². The number of rotatable bonds is 2. The number of carbonyl (C=O) groups excluding carboxylic acids is 1. The lowest BCUT2D eigenvalue weighted by atomic mass is 10.2. The van der Waals surface area contributed by atoms with Gasteiger partial charge < -0.3 is 9.64 Å². The molecule has 1 fully saturated rings. The molecule has 79 valence electrons. The van der Waals surface area contributed by atoms with Crippen molar-refractivity contribution in [3.05, 3.63) is 35.9 Å². The molecule has 0 saturated carbocycles. The van der Waals surface area contributed by atoms with Crippen LogP contribution in [0.4, 0.5) is 0 Å². The third-order valence-electron chi connectivity index (χ3n) is 2.62. The molecule has 1 atom stereocenters. The van der Waals surface area contributed by atoms with Crippen LogP contribution in [0.1, 0.15) is 23.2 Å². The minimum absolute atomic E-state index is 0.0101. The maximum absolute atomic E-state index is 12.0. The summed E-state index contributed by atoms with van der Waals surface area (Å²) in [5, 5.41) is 0. The number of hydrogen-bond donors (Lipinski definition) is 0. The maximum Gasteiger partial charge on any atom is 0.255 e. The molecule has 0 spiro atoms. The van der Waals surface area contributed by atoms with Crippen molar-refractivity contribution in [1.82, 2.24) is 4.90 Å². The number of carbonyl (C=O) groups is 1. The molecule has 3 heteroatoms. The zero-order chi connectivity index (χ0) is 10.7. The Balaban J connectivity index is 2.07. The number of hydrogen-bond acceptors (Lipinski definition) is 2. The Morgan fingerprint density at radius 2 is 2.27 bits per heavy atom. The van der Waals surface area contributed by atoms with E-state index in [4.69, 9.17) is 4.74 Å². The third kappa shape index (κ3) is 2.18. The van der Waals surface area contributed by atoms with Crippen LogP contribution in [-0.2, 0) is 4.74 Å². The molecular formula is C12H14NO2. The smallest absolute Gasteiger partial charge is 0.255 e. The largest absolute Gasteiger partial charge is 0.358 e. The molecule has 0 aliphatic carbocycles. The summed E-state index contributed by atoms with van der Waals surface area (Å²) in [6, 6.07) is 9.93. The highest BCUT2D eigenvalue weighted by atomic mass is 16.5. The molecule has 1 aromatic carbocycles. The fourth-order valence-corrected chi connectivity index (χ4v) is 1.73. The van der Waals surface area contributed by atoms with E-state index in [0.29, 0.717) is 5.56 Å². The number of amides is 1. The molecule has 1 saturated heterocycles. The summed E-state index contributed by atoms with van der Waals surface area (Å²) in [7, 11) is 1.79. The Kier molecular flexibility index (Phi) is 3.02. The van der Waals surface area contributed by atoms with Crippen LogP contribution in [0.2, 0.25) is 0 Å². The summed E-state index contributed by atoms with van der Waals surface area (Å²) in [5.41, 5.74) is 0.687. The van der Waals surface area contributed by atoms with E-state index in [2.05, 4.69) is 6.07 Å². The number of nitrogens with zero attached hydrogens (tertiary/aromatic N) is 1. The van der Waals surface area contributed by atoms with Gasteiger partial charge in [-0.05, 0) is 31.0 Å². The number of ether oxygens (including phenoxy) is 1. The predicted molar refractivity (Wildman–Crippen MR) is 56.3 cm³/mol. The van der Waals surface area contributed by atoms with Gasteiger partial charge >= 0.3 is 0 Å². The topological polar surface area (TPSA) is 29.5 Å². The average molecular weight is 204 g/mol. The highest BCUT2D eigenvalue weighted by molar-refractivity contribution is 5.94. The highest BCUT2D eigenvalue weighted by Gasteiger charge is 2.24. The Bertz CT molecular complexity index is 331. The quantitative estimate of drug-likeness (QED) is 0.733. The summed E-state index contributed by atoms with van der Waals surface area (Å²) in [5.74, 6) is 0.0101. The molecule has 1 heterocycles. The van der Waals surface area contributed by atoms with E-state index >= 15 is 0 Å². The van der Waals surface area contributed by atoms with Crippen molar-refractivity contribution >= 4 is 5.91 Å². The Morgan fingerprint density at radius 1 is 1.53 bits per heavy atom. The molecule has 1 aromatic rings. The molecule has 3 nitrogen and oxygen atoms in total. The minimum atomic E-state index is -0.0540. The molecule has 0 bridgehead atoms. The van der Waals surface area contributed by atoms with Crippen molar-refractivity contribution in [2.45, 2.75) is 19.1 Å². The van der Waals surface area contributed by atoms with Crippen LogP contribution < -0.4 is 0 Å². The minimum Gasteiger partial charge on any atom is -0.358 e. The van der Waals surface area contributed by atoms with Gasteiger partial charge in [-0.15, -0.1) is 0 Å². The molecule has 0 N–H and O–H groups in total. The zero-order valence-corrected chi connectivity index (χ0v) is 8.77. The second-order valence-corrected chi connectivity index (χ2v) is 3.67. The lowest BCUT2D eigenvalue weighted by Crippen LogP contribution is -2.36. The van der Waals surface area contributed by atoms with E-state index < -0.39 is 0 Å². The van der Waals surface area contributed by atoms with Gasteiger partial charge in [-0.3, -0.25) is 4.79 Å². The van der Waals surface area contributed by atoms with E-state index in [0.717, 1.165) is 19.4 Å². The van der Waals surface area contributed by atoms with Crippen LogP contribution in [0.5, 0.6) is 0 Å². The third-order valence-corrected chi connectivity index (χ3v) is 2.62. The van der Waals surface area contributed by atoms with Crippen molar-refractivity contribution in [3.63, 3.8) is 0 Å². The Morgan fingerprint density at radius 3 is 2.87 bits per heavy atom. The first-order valence-corrected chi connectivity index (χ1v) is 5.14. The van der Waals surface area contributed by atoms with Gasteiger partial charge in [0.25, 0.3) is 5.91 Å².